The van der Waals surface area contributed by atoms with Gasteiger partial charge in [0.15, 0.2) is 5.82 Å². The number of amides is 1. The number of aromatic nitrogens is 4. The molecule has 1 saturated heterocycles. The summed E-state index contributed by atoms with van der Waals surface area (Å²) in [6, 6.07) is 15.8. The van der Waals surface area contributed by atoms with E-state index >= 15 is 0 Å². The number of nitrogens with zero attached hydrogens (tertiary/aromatic N) is 6. The summed E-state index contributed by atoms with van der Waals surface area (Å²) in [6.45, 7) is 11.5. The zero-order valence-electron chi connectivity index (χ0n) is 25.7. The van der Waals surface area contributed by atoms with Crippen LogP contribution in [0.15, 0.2) is 55.0 Å². The van der Waals surface area contributed by atoms with E-state index in [9.17, 15) is 4.79 Å². The number of likely N-dealkylation sites (tertiary alicyclic amines) is 1. The van der Waals surface area contributed by atoms with Gasteiger partial charge in [-0.2, -0.15) is 0 Å². The van der Waals surface area contributed by atoms with Gasteiger partial charge in [-0.3, -0.25) is 9.69 Å². The van der Waals surface area contributed by atoms with Gasteiger partial charge in [-0.05, 0) is 67.2 Å². The van der Waals surface area contributed by atoms with Crippen LogP contribution in [0, 0.1) is 0 Å². The maximum Gasteiger partial charge on any atom is 0.222 e. The molecule has 1 atom stereocenters. The first-order valence-corrected chi connectivity index (χ1v) is 19.4. The molecule has 1 aliphatic heterocycles. The number of carbonyl (C=O) groups is 1. The summed E-state index contributed by atoms with van der Waals surface area (Å²) in [5, 5.41) is 8.37. The van der Waals surface area contributed by atoms with Crippen molar-refractivity contribution >= 4 is 42.7 Å². The second kappa shape index (κ2) is 13.4. The zero-order valence-corrected chi connectivity index (χ0v) is 28.2. The summed E-state index contributed by atoms with van der Waals surface area (Å²) >= 11 is 7.96. The molecule has 43 heavy (non-hydrogen) atoms. The fourth-order valence-corrected chi connectivity index (χ4v) is 7.02. The number of thiophene rings is 1. The first-order valence-electron chi connectivity index (χ1n) is 14.5. The standard InChI is InChI=1S/C31H40ClN7O2SSi/c1-21(40)35-28-15-23(11-12-33-28)27-16-26(29(22-7-9-24(32)10-8-22)38-17-25(18-38)37(2)3)30(42-27)31-34-19-39(36-31)20-41-13-14-43(4,5)6/h7-12,15-16,19,25,29H,13-14,17-18,20H2,1-6H3,(H,33,35,40). The van der Waals surface area contributed by atoms with Crippen LogP contribution < -0.4 is 5.32 Å². The normalized spacial score (nSPS) is 15.1. The number of halogens is 1. The third-order valence-electron chi connectivity index (χ3n) is 7.54. The molecule has 1 aliphatic rings. The number of pyridine rings is 1. The van der Waals surface area contributed by atoms with Crippen molar-refractivity contribution in [2.24, 2.45) is 0 Å². The van der Waals surface area contributed by atoms with Gasteiger partial charge in [0.05, 0.1) is 10.9 Å². The first-order chi connectivity index (χ1) is 20.5. The number of likely N-dealkylation sites (N-methyl/N-ethyl adjacent to an activating group) is 1. The van der Waals surface area contributed by atoms with E-state index < -0.39 is 8.07 Å². The Bertz CT molecular complexity index is 1540. The van der Waals surface area contributed by atoms with Crippen LogP contribution in [0.25, 0.3) is 21.1 Å². The van der Waals surface area contributed by atoms with Crippen molar-refractivity contribution < 1.29 is 9.53 Å². The van der Waals surface area contributed by atoms with E-state index in [1.54, 1.807) is 28.5 Å². The number of hydrogen-bond acceptors (Lipinski definition) is 8. The lowest BCUT2D eigenvalue weighted by Crippen LogP contribution is -2.58. The van der Waals surface area contributed by atoms with Crippen LogP contribution in [-0.4, -0.2) is 83.4 Å². The molecule has 0 aliphatic carbocycles. The van der Waals surface area contributed by atoms with E-state index in [0.29, 0.717) is 29.4 Å². The molecule has 1 N–H and O–H groups in total. The third-order valence-corrected chi connectivity index (χ3v) is 10.7. The van der Waals surface area contributed by atoms with Gasteiger partial charge >= 0.3 is 0 Å². The summed E-state index contributed by atoms with van der Waals surface area (Å²) in [4.78, 5) is 27.6. The molecule has 1 fully saturated rings. The van der Waals surface area contributed by atoms with Crippen molar-refractivity contribution in [2.75, 3.05) is 39.1 Å². The van der Waals surface area contributed by atoms with Gasteiger partial charge in [-0.1, -0.05) is 43.4 Å². The van der Waals surface area contributed by atoms with Crippen molar-refractivity contribution in [3.8, 4) is 21.1 Å². The Hall–Kier alpha value is -2.93. The Labute approximate surface area is 263 Å². The minimum absolute atomic E-state index is 0.00920. The number of anilines is 1. The fourth-order valence-electron chi connectivity index (χ4n) is 5.01. The van der Waals surface area contributed by atoms with Gasteiger partial charge in [0.25, 0.3) is 0 Å². The first kappa shape index (κ1) is 31.5. The predicted octanol–water partition coefficient (Wildman–Crippen LogP) is 6.33. The Kier molecular flexibility index (Phi) is 9.79. The summed E-state index contributed by atoms with van der Waals surface area (Å²) < 4.78 is 7.72. The molecule has 3 aromatic heterocycles. The van der Waals surface area contributed by atoms with Gasteiger partial charge in [0, 0.05) is 56.8 Å². The Balaban J connectivity index is 1.54. The molecular formula is C31H40ClN7O2SSi. The van der Waals surface area contributed by atoms with Crippen LogP contribution in [0.2, 0.25) is 30.7 Å². The quantitative estimate of drug-likeness (QED) is 0.143. The molecule has 228 valence electrons. The topological polar surface area (TPSA) is 88.4 Å². The Morgan fingerprint density at radius 3 is 2.58 bits per heavy atom. The summed E-state index contributed by atoms with van der Waals surface area (Å²) in [7, 11) is 3.09. The molecule has 5 rings (SSSR count). The molecule has 0 radical (unpaired) electrons. The van der Waals surface area contributed by atoms with E-state index in [4.69, 9.17) is 26.4 Å². The monoisotopic (exact) mass is 637 g/mol. The molecule has 0 spiro atoms. The highest BCUT2D eigenvalue weighted by atomic mass is 35.5. The molecular weight excluding hydrogens is 598 g/mol. The van der Waals surface area contributed by atoms with Crippen LogP contribution in [0.4, 0.5) is 5.82 Å². The molecule has 1 aromatic carbocycles. The number of rotatable bonds is 12. The summed E-state index contributed by atoms with van der Waals surface area (Å²) in [5.74, 6) is 1.03. The van der Waals surface area contributed by atoms with Crippen molar-refractivity contribution in [3.63, 3.8) is 0 Å². The molecule has 9 nitrogen and oxygen atoms in total. The molecule has 1 unspecified atom stereocenters. The number of nitrogens with one attached hydrogen (secondary N) is 1. The Morgan fingerprint density at radius 1 is 1.16 bits per heavy atom. The van der Waals surface area contributed by atoms with Crippen LogP contribution in [-0.2, 0) is 16.3 Å². The van der Waals surface area contributed by atoms with Crippen molar-refractivity contribution in [1.82, 2.24) is 29.5 Å². The average molecular weight is 638 g/mol. The van der Waals surface area contributed by atoms with Crippen LogP contribution in [0.1, 0.15) is 24.1 Å². The van der Waals surface area contributed by atoms with Crippen molar-refractivity contribution in [3.05, 3.63) is 71.1 Å². The molecule has 0 saturated carbocycles. The second-order valence-electron chi connectivity index (χ2n) is 12.5. The third kappa shape index (κ3) is 7.97. The molecule has 0 bridgehead atoms. The number of benzene rings is 1. The minimum atomic E-state index is -1.17. The van der Waals surface area contributed by atoms with E-state index in [0.717, 1.165) is 52.2 Å². The van der Waals surface area contributed by atoms with Gasteiger partial charge in [0.1, 0.15) is 18.9 Å². The van der Waals surface area contributed by atoms with Gasteiger partial charge < -0.3 is 15.0 Å². The number of ether oxygens (including phenoxy) is 1. The SMILES string of the molecule is CC(=O)Nc1cc(-c2cc(C(c3ccc(Cl)cc3)N3CC(N(C)C)C3)c(-c3ncn(COCC[Si](C)(C)C)n3)s2)ccn1. The smallest absolute Gasteiger partial charge is 0.222 e. The van der Waals surface area contributed by atoms with E-state index in [1.807, 2.05) is 24.3 Å². The average Bonchev–Trinajstić information content (AvgIpc) is 3.55. The molecule has 12 heteroatoms. The zero-order chi connectivity index (χ0) is 30.7. The highest BCUT2D eigenvalue weighted by Gasteiger charge is 2.37. The van der Waals surface area contributed by atoms with E-state index in [2.05, 4.69) is 72.0 Å². The summed E-state index contributed by atoms with van der Waals surface area (Å²) in [5.41, 5.74) is 3.26. The largest absolute Gasteiger partial charge is 0.359 e. The maximum atomic E-state index is 11.7. The summed E-state index contributed by atoms with van der Waals surface area (Å²) in [6.07, 6.45) is 3.47. The highest BCUT2D eigenvalue weighted by Crippen LogP contribution is 2.45. The molecule has 4 heterocycles. The lowest BCUT2D eigenvalue weighted by molar-refractivity contribution is -0.114. The van der Waals surface area contributed by atoms with Crippen LogP contribution >= 0.6 is 22.9 Å². The van der Waals surface area contributed by atoms with Crippen molar-refractivity contribution in [1.29, 1.82) is 0 Å². The van der Waals surface area contributed by atoms with Gasteiger partial charge in [-0.15, -0.1) is 16.4 Å². The van der Waals surface area contributed by atoms with Gasteiger partial charge in [-0.25, -0.2) is 14.6 Å². The van der Waals surface area contributed by atoms with E-state index in [1.165, 1.54) is 6.92 Å². The minimum Gasteiger partial charge on any atom is -0.359 e. The predicted molar refractivity (Wildman–Crippen MR) is 177 cm³/mol. The number of hydrogen-bond donors (Lipinski definition) is 1. The highest BCUT2D eigenvalue weighted by molar-refractivity contribution is 7.19. The lowest BCUT2D eigenvalue weighted by Gasteiger charge is -2.47. The number of carbonyl (C=O) groups excluding carboxylic acids is 1. The van der Waals surface area contributed by atoms with Crippen molar-refractivity contribution in [2.45, 2.75) is 51.4 Å². The second-order valence-corrected chi connectivity index (χ2v) is 19.6. The molecule has 1 amide bonds. The van der Waals surface area contributed by atoms with Crippen LogP contribution in [0.3, 0.4) is 0 Å². The maximum absolute atomic E-state index is 11.7. The van der Waals surface area contributed by atoms with Gasteiger partial charge in [0.2, 0.25) is 5.91 Å². The Morgan fingerprint density at radius 2 is 1.91 bits per heavy atom. The van der Waals surface area contributed by atoms with E-state index in [-0.39, 0.29) is 11.9 Å². The van der Waals surface area contributed by atoms with Crippen LogP contribution in [0.5, 0.6) is 0 Å². The fraction of sp³-hybridized carbons (Fsp3) is 0.419. The molecule has 4 aromatic rings. The lowest BCUT2D eigenvalue weighted by atomic mass is 9.92.